The van der Waals surface area contributed by atoms with E-state index in [1.807, 2.05) is 18.3 Å². The van der Waals surface area contributed by atoms with E-state index in [4.69, 9.17) is 0 Å². The second-order valence-electron chi connectivity index (χ2n) is 8.55. The van der Waals surface area contributed by atoms with Crippen LogP contribution < -0.4 is 4.90 Å². The summed E-state index contributed by atoms with van der Waals surface area (Å²) in [5.41, 5.74) is 6.76. The van der Waals surface area contributed by atoms with Gasteiger partial charge in [-0.2, -0.15) is 0 Å². The number of aromatic nitrogens is 1. The van der Waals surface area contributed by atoms with E-state index in [9.17, 15) is 0 Å². The minimum Gasteiger partial charge on any atom is -0.309 e. The van der Waals surface area contributed by atoms with Gasteiger partial charge in [-0.3, -0.25) is 4.98 Å². The molecule has 0 atom stereocenters. The lowest BCUT2D eigenvalue weighted by atomic mass is 10.0. The summed E-state index contributed by atoms with van der Waals surface area (Å²) in [6.07, 6.45) is 1.86. The minimum absolute atomic E-state index is 0.984. The van der Waals surface area contributed by atoms with Crippen molar-refractivity contribution < 1.29 is 0 Å². The Bertz CT molecular complexity index is 1530. The Morgan fingerprint density at radius 1 is 0.559 bits per heavy atom. The van der Waals surface area contributed by atoms with Crippen LogP contribution >= 0.6 is 0 Å². The van der Waals surface area contributed by atoms with Gasteiger partial charge in [0.1, 0.15) is 0 Å². The molecule has 1 aromatic heterocycles. The molecule has 0 aliphatic carbocycles. The van der Waals surface area contributed by atoms with Gasteiger partial charge in [-0.1, -0.05) is 84.9 Å². The maximum atomic E-state index is 4.64. The van der Waals surface area contributed by atoms with Crippen molar-refractivity contribution in [1.29, 1.82) is 0 Å². The molecule has 0 aliphatic heterocycles. The molecule has 162 valence electrons. The standard InChI is InChI=1S/C32H24N2/c1-23-19-20-26(22-29(23)30-16-6-7-21-33-30)34(31-17-8-12-24-10-2-4-14-27(24)31)32-18-9-13-25-11-3-5-15-28(25)32/h2-22H,1H3. The quantitative estimate of drug-likeness (QED) is 0.274. The summed E-state index contributed by atoms with van der Waals surface area (Å²) in [6, 6.07) is 43.0. The zero-order valence-corrected chi connectivity index (χ0v) is 19.0. The molecule has 2 heteroatoms. The van der Waals surface area contributed by atoms with Crippen LogP contribution in [0.5, 0.6) is 0 Å². The molecule has 0 bridgehead atoms. The highest BCUT2D eigenvalue weighted by Crippen LogP contribution is 2.43. The third-order valence-corrected chi connectivity index (χ3v) is 6.44. The van der Waals surface area contributed by atoms with Crippen molar-refractivity contribution in [2.24, 2.45) is 0 Å². The van der Waals surface area contributed by atoms with Crippen molar-refractivity contribution >= 4 is 38.6 Å². The molecular weight excluding hydrogens is 412 g/mol. The fourth-order valence-electron chi connectivity index (χ4n) is 4.76. The van der Waals surface area contributed by atoms with Gasteiger partial charge in [0, 0.05) is 28.2 Å². The van der Waals surface area contributed by atoms with Crippen LogP contribution in [0.1, 0.15) is 5.56 Å². The molecule has 1 heterocycles. The summed E-state index contributed by atoms with van der Waals surface area (Å²) < 4.78 is 0. The predicted molar refractivity (Wildman–Crippen MR) is 144 cm³/mol. The molecule has 0 unspecified atom stereocenters. The summed E-state index contributed by atoms with van der Waals surface area (Å²) in [5.74, 6) is 0. The van der Waals surface area contributed by atoms with Crippen LogP contribution in [-0.4, -0.2) is 4.98 Å². The van der Waals surface area contributed by atoms with Crippen molar-refractivity contribution in [2.75, 3.05) is 4.90 Å². The summed E-state index contributed by atoms with van der Waals surface area (Å²) in [5, 5.41) is 4.89. The number of nitrogens with zero attached hydrogens (tertiary/aromatic N) is 2. The van der Waals surface area contributed by atoms with Gasteiger partial charge in [-0.25, -0.2) is 0 Å². The maximum Gasteiger partial charge on any atom is 0.0705 e. The Hall–Kier alpha value is -4.43. The lowest BCUT2D eigenvalue weighted by molar-refractivity contribution is 1.27. The number of anilines is 3. The van der Waals surface area contributed by atoms with E-state index in [1.54, 1.807) is 0 Å². The SMILES string of the molecule is Cc1ccc(N(c2cccc3ccccc23)c2cccc3ccccc23)cc1-c1ccccn1. The number of rotatable bonds is 4. The van der Waals surface area contributed by atoms with E-state index in [1.165, 1.54) is 27.1 Å². The second kappa shape index (κ2) is 8.49. The van der Waals surface area contributed by atoms with Gasteiger partial charge < -0.3 is 4.90 Å². The fourth-order valence-corrected chi connectivity index (χ4v) is 4.76. The Kier molecular flexibility index (Phi) is 5.04. The van der Waals surface area contributed by atoms with Crippen LogP contribution in [0.2, 0.25) is 0 Å². The predicted octanol–water partition coefficient (Wildman–Crippen LogP) is 8.83. The molecule has 0 N–H and O–H groups in total. The van der Waals surface area contributed by atoms with E-state index in [-0.39, 0.29) is 0 Å². The lowest BCUT2D eigenvalue weighted by Crippen LogP contribution is -2.11. The Morgan fingerprint density at radius 2 is 1.15 bits per heavy atom. The van der Waals surface area contributed by atoms with Crippen molar-refractivity contribution in [3.8, 4) is 11.3 Å². The maximum absolute atomic E-state index is 4.64. The van der Waals surface area contributed by atoms with Crippen LogP contribution in [0.4, 0.5) is 17.1 Å². The number of hydrogen-bond acceptors (Lipinski definition) is 2. The molecule has 6 aromatic rings. The third kappa shape index (κ3) is 3.50. The molecule has 0 spiro atoms. The molecule has 0 radical (unpaired) electrons. The van der Waals surface area contributed by atoms with Gasteiger partial charge in [0.15, 0.2) is 0 Å². The highest BCUT2D eigenvalue weighted by Gasteiger charge is 2.18. The van der Waals surface area contributed by atoms with Crippen LogP contribution in [0.25, 0.3) is 32.8 Å². The molecule has 0 fully saturated rings. The van der Waals surface area contributed by atoms with Gasteiger partial charge >= 0.3 is 0 Å². The second-order valence-corrected chi connectivity index (χ2v) is 8.55. The normalized spacial score (nSPS) is 11.1. The summed E-state index contributed by atoms with van der Waals surface area (Å²) in [4.78, 5) is 7.02. The van der Waals surface area contributed by atoms with E-state index >= 15 is 0 Å². The molecule has 0 aliphatic rings. The van der Waals surface area contributed by atoms with Crippen LogP contribution in [0.15, 0.2) is 128 Å². The largest absolute Gasteiger partial charge is 0.309 e. The molecule has 34 heavy (non-hydrogen) atoms. The first kappa shape index (κ1) is 20.2. The van der Waals surface area contributed by atoms with Crippen molar-refractivity contribution in [2.45, 2.75) is 6.92 Å². The minimum atomic E-state index is 0.984. The Labute approximate surface area is 199 Å². The zero-order chi connectivity index (χ0) is 22.9. The fraction of sp³-hybridized carbons (Fsp3) is 0.0312. The Morgan fingerprint density at radius 3 is 1.76 bits per heavy atom. The molecule has 5 aromatic carbocycles. The van der Waals surface area contributed by atoms with Gasteiger partial charge in [-0.05, 0) is 59.7 Å². The lowest BCUT2D eigenvalue weighted by Gasteiger charge is -2.29. The first-order valence-electron chi connectivity index (χ1n) is 11.6. The first-order chi connectivity index (χ1) is 16.8. The van der Waals surface area contributed by atoms with Crippen LogP contribution in [-0.2, 0) is 0 Å². The van der Waals surface area contributed by atoms with E-state index < -0.39 is 0 Å². The summed E-state index contributed by atoms with van der Waals surface area (Å²) >= 11 is 0. The van der Waals surface area contributed by atoms with Gasteiger partial charge in [0.25, 0.3) is 0 Å². The number of aryl methyl sites for hydroxylation is 1. The molecule has 0 saturated carbocycles. The number of pyridine rings is 1. The molecular formula is C32H24N2. The topological polar surface area (TPSA) is 16.1 Å². The van der Waals surface area contributed by atoms with E-state index in [2.05, 4.69) is 126 Å². The average molecular weight is 437 g/mol. The zero-order valence-electron chi connectivity index (χ0n) is 19.0. The smallest absolute Gasteiger partial charge is 0.0705 e. The molecule has 0 saturated heterocycles. The average Bonchev–Trinajstić information content (AvgIpc) is 2.90. The molecule has 0 amide bonds. The number of benzene rings is 5. The van der Waals surface area contributed by atoms with Gasteiger partial charge in [0.05, 0.1) is 17.1 Å². The number of hydrogen-bond donors (Lipinski definition) is 0. The van der Waals surface area contributed by atoms with E-state index in [0.717, 1.165) is 28.3 Å². The molecule has 6 rings (SSSR count). The molecule has 2 nitrogen and oxygen atoms in total. The van der Waals surface area contributed by atoms with Crippen molar-refractivity contribution in [1.82, 2.24) is 4.98 Å². The van der Waals surface area contributed by atoms with Crippen LogP contribution in [0.3, 0.4) is 0 Å². The van der Waals surface area contributed by atoms with Crippen molar-refractivity contribution in [3.05, 3.63) is 133 Å². The van der Waals surface area contributed by atoms with Crippen molar-refractivity contribution in [3.63, 3.8) is 0 Å². The monoisotopic (exact) mass is 436 g/mol. The Balaban J connectivity index is 1.66. The highest BCUT2D eigenvalue weighted by atomic mass is 15.1. The van der Waals surface area contributed by atoms with Gasteiger partial charge in [-0.15, -0.1) is 0 Å². The first-order valence-corrected chi connectivity index (χ1v) is 11.6. The summed E-state index contributed by atoms with van der Waals surface area (Å²) in [7, 11) is 0. The highest BCUT2D eigenvalue weighted by molar-refractivity contribution is 6.04. The summed E-state index contributed by atoms with van der Waals surface area (Å²) in [6.45, 7) is 2.15. The van der Waals surface area contributed by atoms with E-state index in [0.29, 0.717) is 0 Å². The van der Waals surface area contributed by atoms with Crippen LogP contribution in [0, 0.1) is 6.92 Å². The van der Waals surface area contributed by atoms with Gasteiger partial charge in [0.2, 0.25) is 0 Å². The number of fused-ring (bicyclic) bond motifs is 2. The third-order valence-electron chi connectivity index (χ3n) is 6.44.